The lowest BCUT2D eigenvalue weighted by Gasteiger charge is -2.13. The predicted octanol–water partition coefficient (Wildman–Crippen LogP) is 1.22. The van der Waals surface area contributed by atoms with Crippen molar-refractivity contribution in [1.29, 1.82) is 0 Å². The highest BCUT2D eigenvalue weighted by Gasteiger charge is 2.10. The second-order valence-corrected chi connectivity index (χ2v) is 5.24. The molecule has 14 heavy (non-hydrogen) atoms. The van der Waals surface area contributed by atoms with E-state index in [0.717, 1.165) is 6.26 Å². The Balaban J connectivity index is 2.80. The van der Waals surface area contributed by atoms with Gasteiger partial charge in [-0.05, 0) is 17.7 Å². The minimum Gasteiger partial charge on any atom is -0.213 e. The molecule has 0 aliphatic carbocycles. The Labute approximate surface area is 83.2 Å². The van der Waals surface area contributed by atoms with Crippen LogP contribution in [-0.4, -0.2) is 26.0 Å². The monoisotopic (exact) mass is 217 g/mol. The van der Waals surface area contributed by atoms with Crippen molar-refractivity contribution >= 4 is 10.0 Å². The molecule has 0 spiro atoms. The van der Waals surface area contributed by atoms with Gasteiger partial charge >= 0.3 is 0 Å². The smallest absolute Gasteiger partial charge is 0.211 e. The Morgan fingerprint density at radius 2 is 2.07 bits per heavy atom. The van der Waals surface area contributed by atoms with Gasteiger partial charge in [-0.15, -0.1) is 0 Å². The second kappa shape index (κ2) is 4.06. The lowest BCUT2D eigenvalue weighted by Crippen LogP contribution is -2.24. The van der Waals surface area contributed by atoms with Crippen LogP contribution in [-0.2, 0) is 16.6 Å². The first kappa shape index (κ1) is 11.1. The van der Waals surface area contributed by atoms with Gasteiger partial charge in [-0.1, -0.05) is 12.1 Å². The van der Waals surface area contributed by atoms with Crippen LogP contribution in [0.3, 0.4) is 0 Å². The van der Waals surface area contributed by atoms with E-state index in [-0.39, 0.29) is 12.4 Å². The molecule has 0 aliphatic heterocycles. The van der Waals surface area contributed by atoms with Crippen LogP contribution in [0.4, 0.5) is 4.39 Å². The summed E-state index contributed by atoms with van der Waals surface area (Å²) < 4.78 is 36.0. The molecule has 1 aromatic carbocycles. The first-order chi connectivity index (χ1) is 6.39. The molecule has 0 amide bonds. The van der Waals surface area contributed by atoms with Crippen molar-refractivity contribution in [2.75, 3.05) is 13.3 Å². The van der Waals surface area contributed by atoms with E-state index >= 15 is 0 Å². The Hall–Kier alpha value is -0.940. The summed E-state index contributed by atoms with van der Waals surface area (Å²) >= 11 is 0. The van der Waals surface area contributed by atoms with Gasteiger partial charge in [0.1, 0.15) is 5.82 Å². The van der Waals surface area contributed by atoms with Crippen LogP contribution >= 0.6 is 0 Å². The molecule has 5 heteroatoms. The molecule has 0 fully saturated rings. The number of benzene rings is 1. The standard InChI is InChI=1S/C9H12FNO2S/c1-11(14(2,12)13)7-8-4-3-5-9(10)6-8/h3-6H,7H2,1-2H3. The van der Waals surface area contributed by atoms with Gasteiger partial charge < -0.3 is 0 Å². The molecule has 1 aromatic rings. The number of halogens is 1. The molecule has 0 aliphatic rings. The summed E-state index contributed by atoms with van der Waals surface area (Å²) in [5.41, 5.74) is 0.637. The average Bonchev–Trinajstić information content (AvgIpc) is 2.02. The molecule has 78 valence electrons. The molecule has 0 atom stereocenters. The number of hydrogen-bond donors (Lipinski definition) is 0. The van der Waals surface area contributed by atoms with Crippen molar-refractivity contribution in [3.63, 3.8) is 0 Å². The fourth-order valence-corrected chi connectivity index (χ4v) is 1.39. The zero-order valence-corrected chi connectivity index (χ0v) is 8.88. The molecule has 3 nitrogen and oxygen atoms in total. The van der Waals surface area contributed by atoms with Crippen LogP contribution in [0.25, 0.3) is 0 Å². The summed E-state index contributed by atoms with van der Waals surface area (Å²) in [6, 6.07) is 5.89. The minimum absolute atomic E-state index is 0.191. The van der Waals surface area contributed by atoms with E-state index < -0.39 is 10.0 Å². The van der Waals surface area contributed by atoms with Gasteiger partial charge in [0.15, 0.2) is 0 Å². The van der Waals surface area contributed by atoms with E-state index in [1.807, 2.05) is 0 Å². The summed E-state index contributed by atoms with van der Waals surface area (Å²) in [5, 5.41) is 0. The largest absolute Gasteiger partial charge is 0.213 e. The number of sulfonamides is 1. The van der Waals surface area contributed by atoms with Crippen molar-refractivity contribution in [2.24, 2.45) is 0 Å². The van der Waals surface area contributed by atoms with Gasteiger partial charge in [-0.25, -0.2) is 17.1 Å². The third-order valence-electron chi connectivity index (χ3n) is 1.86. The van der Waals surface area contributed by atoms with Crippen LogP contribution in [0.1, 0.15) is 5.56 Å². The van der Waals surface area contributed by atoms with E-state index in [1.165, 1.54) is 23.5 Å². The molecule has 0 bridgehead atoms. The number of hydrogen-bond acceptors (Lipinski definition) is 2. The van der Waals surface area contributed by atoms with Crippen molar-refractivity contribution < 1.29 is 12.8 Å². The van der Waals surface area contributed by atoms with Crippen LogP contribution in [0.2, 0.25) is 0 Å². The molecule has 0 heterocycles. The van der Waals surface area contributed by atoms with Crippen LogP contribution in [0.15, 0.2) is 24.3 Å². The fourth-order valence-electron chi connectivity index (χ4n) is 1.01. The molecular weight excluding hydrogens is 205 g/mol. The Morgan fingerprint density at radius 3 is 2.57 bits per heavy atom. The van der Waals surface area contributed by atoms with Gasteiger partial charge in [0, 0.05) is 13.6 Å². The van der Waals surface area contributed by atoms with Crippen molar-refractivity contribution in [3.8, 4) is 0 Å². The predicted molar refractivity (Wildman–Crippen MR) is 52.7 cm³/mol. The normalized spacial score (nSPS) is 12.0. The summed E-state index contributed by atoms with van der Waals surface area (Å²) in [6.45, 7) is 0.191. The van der Waals surface area contributed by atoms with E-state index in [4.69, 9.17) is 0 Å². The molecule has 1 rings (SSSR count). The van der Waals surface area contributed by atoms with Crippen molar-refractivity contribution in [1.82, 2.24) is 4.31 Å². The molecule has 0 saturated carbocycles. The van der Waals surface area contributed by atoms with E-state index in [2.05, 4.69) is 0 Å². The SMILES string of the molecule is CN(Cc1cccc(F)c1)S(C)(=O)=O. The van der Waals surface area contributed by atoms with E-state index in [0.29, 0.717) is 5.56 Å². The van der Waals surface area contributed by atoms with Crippen molar-refractivity contribution in [3.05, 3.63) is 35.6 Å². The Bertz CT molecular complexity index is 417. The lowest BCUT2D eigenvalue weighted by molar-refractivity contribution is 0.471. The van der Waals surface area contributed by atoms with Crippen LogP contribution in [0, 0.1) is 5.82 Å². The molecule has 0 aromatic heterocycles. The molecule has 0 unspecified atom stereocenters. The van der Waals surface area contributed by atoms with Crippen LogP contribution in [0.5, 0.6) is 0 Å². The van der Waals surface area contributed by atoms with E-state index in [1.54, 1.807) is 12.1 Å². The summed E-state index contributed by atoms with van der Waals surface area (Å²) in [6.07, 6.45) is 1.12. The minimum atomic E-state index is -3.20. The maximum atomic E-state index is 12.7. The number of rotatable bonds is 3. The van der Waals surface area contributed by atoms with Gasteiger partial charge in [-0.3, -0.25) is 0 Å². The maximum Gasteiger partial charge on any atom is 0.211 e. The molecule has 0 radical (unpaired) electrons. The van der Waals surface area contributed by atoms with Crippen molar-refractivity contribution in [2.45, 2.75) is 6.54 Å². The quantitative estimate of drug-likeness (QED) is 0.763. The first-order valence-corrected chi connectivity index (χ1v) is 5.90. The lowest BCUT2D eigenvalue weighted by atomic mass is 10.2. The van der Waals surface area contributed by atoms with Crippen LogP contribution < -0.4 is 0 Å². The summed E-state index contributed by atoms with van der Waals surface area (Å²) in [4.78, 5) is 0. The fraction of sp³-hybridized carbons (Fsp3) is 0.333. The second-order valence-electron chi connectivity index (χ2n) is 3.15. The molecular formula is C9H12FNO2S. The first-order valence-electron chi connectivity index (χ1n) is 4.05. The van der Waals surface area contributed by atoms with Gasteiger partial charge in [0.2, 0.25) is 10.0 Å². The summed E-state index contributed by atoms with van der Waals surface area (Å²) in [7, 11) is -1.74. The zero-order valence-electron chi connectivity index (χ0n) is 8.07. The Kier molecular flexibility index (Phi) is 3.23. The van der Waals surface area contributed by atoms with Gasteiger partial charge in [-0.2, -0.15) is 0 Å². The van der Waals surface area contributed by atoms with Gasteiger partial charge in [0.25, 0.3) is 0 Å². The highest BCUT2D eigenvalue weighted by molar-refractivity contribution is 7.88. The highest BCUT2D eigenvalue weighted by Crippen LogP contribution is 2.07. The average molecular weight is 217 g/mol. The van der Waals surface area contributed by atoms with E-state index in [9.17, 15) is 12.8 Å². The zero-order chi connectivity index (χ0) is 10.8. The topological polar surface area (TPSA) is 37.4 Å². The molecule has 0 N–H and O–H groups in total. The van der Waals surface area contributed by atoms with Gasteiger partial charge in [0.05, 0.1) is 6.26 Å². The number of nitrogens with zero attached hydrogens (tertiary/aromatic N) is 1. The third kappa shape index (κ3) is 3.08. The maximum absolute atomic E-state index is 12.7. The highest BCUT2D eigenvalue weighted by atomic mass is 32.2. The summed E-state index contributed by atoms with van der Waals surface area (Å²) in [5.74, 6) is -0.357. The third-order valence-corrected chi connectivity index (χ3v) is 3.12. The molecule has 0 saturated heterocycles. The Morgan fingerprint density at radius 1 is 1.43 bits per heavy atom.